The molecule has 0 bridgehead atoms. The molecule has 0 saturated heterocycles. The summed E-state index contributed by atoms with van der Waals surface area (Å²) in [5, 5.41) is 11.2. The van der Waals surface area contributed by atoms with Crippen LogP contribution in [0.3, 0.4) is 0 Å². The van der Waals surface area contributed by atoms with E-state index in [4.69, 9.17) is 0 Å². The number of anilines is 1. The van der Waals surface area contributed by atoms with Crippen molar-refractivity contribution in [2.45, 2.75) is 26.8 Å². The van der Waals surface area contributed by atoms with E-state index in [1.54, 1.807) is 47.1 Å². The van der Waals surface area contributed by atoms with Gasteiger partial charge >= 0.3 is 0 Å². The molecule has 1 unspecified atom stereocenters. The Kier molecular flexibility index (Phi) is 3.88. The molecule has 1 N–H and O–H groups in total. The van der Waals surface area contributed by atoms with Crippen molar-refractivity contribution in [3.05, 3.63) is 48.3 Å². The molecule has 0 aliphatic rings. The SMILES string of the molecule is Cc1cc(C)n(-c2ncc(NC(=O)C(C)n3cccn3)cn2)n1. The summed E-state index contributed by atoms with van der Waals surface area (Å²) in [6, 6.07) is 3.31. The molecule has 0 spiro atoms. The van der Waals surface area contributed by atoms with E-state index in [1.165, 1.54) is 0 Å². The van der Waals surface area contributed by atoms with Crippen LogP contribution in [0.4, 0.5) is 5.69 Å². The number of hydrogen-bond acceptors (Lipinski definition) is 5. The summed E-state index contributed by atoms with van der Waals surface area (Å²) in [6.07, 6.45) is 6.50. The fourth-order valence-electron chi connectivity index (χ4n) is 2.20. The van der Waals surface area contributed by atoms with Crippen molar-refractivity contribution < 1.29 is 4.79 Å². The summed E-state index contributed by atoms with van der Waals surface area (Å²) < 4.78 is 3.24. The fraction of sp³-hybridized carbons (Fsp3) is 0.267. The van der Waals surface area contributed by atoms with E-state index in [2.05, 4.69) is 25.5 Å². The standard InChI is InChI=1S/C15H17N7O/c1-10-7-11(2)22(20-10)15-16-8-13(9-17-15)19-14(23)12(3)21-6-4-5-18-21/h4-9,12H,1-3H3,(H,19,23). The normalized spacial score (nSPS) is 12.1. The lowest BCUT2D eigenvalue weighted by Gasteiger charge is -2.12. The van der Waals surface area contributed by atoms with Crippen molar-refractivity contribution in [2.75, 3.05) is 5.32 Å². The molecule has 0 aromatic carbocycles. The number of aryl methyl sites for hydroxylation is 2. The fourth-order valence-corrected chi connectivity index (χ4v) is 2.20. The zero-order valence-electron chi connectivity index (χ0n) is 13.1. The van der Waals surface area contributed by atoms with Crippen LogP contribution in [0.1, 0.15) is 24.4 Å². The van der Waals surface area contributed by atoms with Crippen LogP contribution in [-0.4, -0.2) is 35.4 Å². The first kappa shape index (κ1) is 14.9. The molecule has 1 amide bonds. The van der Waals surface area contributed by atoms with Crippen LogP contribution in [0.25, 0.3) is 5.95 Å². The van der Waals surface area contributed by atoms with Gasteiger partial charge in [-0.05, 0) is 32.9 Å². The molecule has 1 atom stereocenters. The van der Waals surface area contributed by atoms with E-state index in [-0.39, 0.29) is 5.91 Å². The van der Waals surface area contributed by atoms with E-state index in [0.717, 1.165) is 11.4 Å². The Bertz CT molecular complexity index is 805. The molecule has 23 heavy (non-hydrogen) atoms. The Morgan fingerprint density at radius 2 is 2.00 bits per heavy atom. The second-order valence-corrected chi connectivity index (χ2v) is 5.26. The highest BCUT2D eigenvalue weighted by Crippen LogP contribution is 2.12. The van der Waals surface area contributed by atoms with Crippen molar-refractivity contribution in [1.82, 2.24) is 29.5 Å². The number of rotatable bonds is 4. The molecule has 118 valence electrons. The minimum Gasteiger partial charge on any atom is -0.322 e. The monoisotopic (exact) mass is 311 g/mol. The third-order valence-electron chi connectivity index (χ3n) is 3.41. The number of carbonyl (C=O) groups excluding carboxylic acids is 1. The zero-order chi connectivity index (χ0) is 16.4. The molecule has 0 radical (unpaired) electrons. The smallest absolute Gasteiger partial charge is 0.250 e. The number of amides is 1. The Hall–Kier alpha value is -3.03. The maximum Gasteiger partial charge on any atom is 0.250 e. The number of nitrogens with zero attached hydrogens (tertiary/aromatic N) is 6. The van der Waals surface area contributed by atoms with Gasteiger partial charge in [0, 0.05) is 18.1 Å². The van der Waals surface area contributed by atoms with Gasteiger partial charge in [-0.1, -0.05) is 0 Å². The van der Waals surface area contributed by atoms with Crippen LogP contribution in [0.5, 0.6) is 0 Å². The summed E-state index contributed by atoms with van der Waals surface area (Å²) in [5.41, 5.74) is 2.38. The van der Waals surface area contributed by atoms with Gasteiger partial charge in [0.1, 0.15) is 6.04 Å². The maximum absolute atomic E-state index is 12.2. The van der Waals surface area contributed by atoms with Gasteiger partial charge in [-0.3, -0.25) is 9.48 Å². The Balaban J connectivity index is 1.73. The molecule has 0 aliphatic heterocycles. The highest BCUT2D eigenvalue weighted by atomic mass is 16.2. The van der Waals surface area contributed by atoms with Gasteiger partial charge in [-0.15, -0.1) is 0 Å². The van der Waals surface area contributed by atoms with Crippen LogP contribution in [-0.2, 0) is 4.79 Å². The van der Waals surface area contributed by atoms with Gasteiger partial charge in [-0.25, -0.2) is 14.6 Å². The highest BCUT2D eigenvalue weighted by molar-refractivity contribution is 5.93. The number of carbonyl (C=O) groups is 1. The lowest BCUT2D eigenvalue weighted by molar-refractivity contribution is -0.119. The first-order valence-corrected chi connectivity index (χ1v) is 7.20. The van der Waals surface area contributed by atoms with Crippen LogP contribution < -0.4 is 5.32 Å². The van der Waals surface area contributed by atoms with Gasteiger partial charge in [-0.2, -0.15) is 10.2 Å². The van der Waals surface area contributed by atoms with Crippen LogP contribution >= 0.6 is 0 Å². The summed E-state index contributed by atoms with van der Waals surface area (Å²) in [4.78, 5) is 20.7. The quantitative estimate of drug-likeness (QED) is 0.791. The van der Waals surface area contributed by atoms with Crippen molar-refractivity contribution in [1.29, 1.82) is 0 Å². The largest absolute Gasteiger partial charge is 0.322 e. The summed E-state index contributed by atoms with van der Waals surface area (Å²) in [7, 11) is 0. The van der Waals surface area contributed by atoms with Gasteiger partial charge in [0.2, 0.25) is 5.91 Å². The first-order chi connectivity index (χ1) is 11.0. The molecule has 8 heteroatoms. The van der Waals surface area contributed by atoms with E-state index in [1.807, 2.05) is 19.9 Å². The van der Waals surface area contributed by atoms with Crippen molar-refractivity contribution in [3.8, 4) is 5.95 Å². The predicted octanol–water partition coefficient (Wildman–Crippen LogP) is 1.68. The Morgan fingerprint density at radius 1 is 1.26 bits per heavy atom. The summed E-state index contributed by atoms with van der Waals surface area (Å²) in [6.45, 7) is 5.62. The van der Waals surface area contributed by atoms with Crippen molar-refractivity contribution in [2.24, 2.45) is 0 Å². The molecule has 3 aromatic rings. The first-order valence-electron chi connectivity index (χ1n) is 7.20. The Morgan fingerprint density at radius 3 is 2.57 bits per heavy atom. The number of aromatic nitrogens is 6. The second kappa shape index (κ2) is 5.99. The lowest BCUT2D eigenvalue weighted by atomic mass is 10.3. The molecular formula is C15H17N7O. The second-order valence-electron chi connectivity index (χ2n) is 5.26. The zero-order valence-corrected chi connectivity index (χ0v) is 13.1. The van der Waals surface area contributed by atoms with E-state index in [0.29, 0.717) is 11.6 Å². The average molecular weight is 311 g/mol. The summed E-state index contributed by atoms with van der Waals surface area (Å²) in [5.74, 6) is 0.282. The minimum absolute atomic E-state index is 0.184. The Labute approximate surface area is 133 Å². The van der Waals surface area contributed by atoms with E-state index >= 15 is 0 Å². The summed E-state index contributed by atoms with van der Waals surface area (Å²) >= 11 is 0. The van der Waals surface area contributed by atoms with Gasteiger partial charge in [0.25, 0.3) is 5.95 Å². The minimum atomic E-state index is -0.416. The maximum atomic E-state index is 12.2. The molecular weight excluding hydrogens is 294 g/mol. The van der Waals surface area contributed by atoms with Crippen molar-refractivity contribution in [3.63, 3.8) is 0 Å². The van der Waals surface area contributed by atoms with Gasteiger partial charge in [0.05, 0.1) is 23.8 Å². The third-order valence-corrected chi connectivity index (χ3v) is 3.41. The molecule has 0 saturated carbocycles. The van der Waals surface area contributed by atoms with Gasteiger partial charge in [0.15, 0.2) is 0 Å². The van der Waals surface area contributed by atoms with Crippen LogP contribution in [0.15, 0.2) is 36.9 Å². The van der Waals surface area contributed by atoms with E-state index in [9.17, 15) is 4.79 Å². The topological polar surface area (TPSA) is 90.5 Å². The van der Waals surface area contributed by atoms with Gasteiger partial charge < -0.3 is 5.32 Å². The molecule has 3 heterocycles. The predicted molar refractivity (Wildman–Crippen MR) is 84.2 cm³/mol. The molecule has 0 aliphatic carbocycles. The molecule has 3 rings (SSSR count). The third kappa shape index (κ3) is 3.10. The molecule has 8 nitrogen and oxygen atoms in total. The van der Waals surface area contributed by atoms with Crippen molar-refractivity contribution >= 4 is 11.6 Å². The van der Waals surface area contributed by atoms with Crippen LogP contribution in [0.2, 0.25) is 0 Å². The van der Waals surface area contributed by atoms with Crippen LogP contribution in [0, 0.1) is 13.8 Å². The average Bonchev–Trinajstić information content (AvgIpc) is 3.17. The molecule has 3 aromatic heterocycles. The number of hydrogen-bond donors (Lipinski definition) is 1. The molecule has 0 fully saturated rings. The van der Waals surface area contributed by atoms with E-state index < -0.39 is 6.04 Å². The highest BCUT2D eigenvalue weighted by Gasteiger charge is 2.15. The lowest BCUT2D eigenvalue weighted by Crippen LogP contribution is -2.24. The number of nitrogens with one attached hydrogen (secondary N) is 1.